The van der Waals surface area contributed by atoms with Crippen molar-refractivity contribution in [2.24, 2.45) is 5.92 Å². The van der Waals surface area contributed by atoms with E-state index >= 15 is 0 Å². The highest BCUT2D eigenvalue weighted by molar-refractivity contribution is 5.26. The van der Waals surface area contributed by atoms with Gasteiger partial charge >= 0.3 is 0 Å². The number of aromatic nitrogens is 1. The third-order valence-corrected chi connectivity index (χ3v) is 3.07. The maximum absolute atomic E-state index is 5.88. The van der Waals surface area contributed by atoms with Crippen LogP contribution in [0, 0.1) is 12.8 Å². The second-order valence-corrected chi connectivity index (χ2v) is 4.66. The largest absolute Gasteiger partial charge is 0.376 e. The summed E-state index contributed by atoms with van der Waals surface area (Å²) >= 11 is 0. The van der Waals surface area contributed by atoms with Gasteiger partial charge in [-0.2, -0.15) is 0 Å². The summed E-state index contributed by atoms with van der Waals surface area (Å²) in [7, 11) is 1.98. The van der Waals surface area contributed by atoms with Crippen molar-refractivity contribution in [1.82, 2.24) is 10.3 Å². The molecule has 2 unspecified atom stereocenters. The highest BCUT2D eigenvalue weighted by Crippen LogP contribution is 2.26. The Morgan fingerprint density at radius 3 is 2.59 bits per heavy atom. The summed E-state index contributed by atoms with van der Waals surface area (Å²) in [6, 6.07) is 2.24. The van der Waals surface area contributed by atoms with Crippen LogP contribution in [0.3, 0.4) is 0 Å². The smallest absolute Gasteiger partial charge is 0.0792 e. The summed E-state index contributed by atoms with van der Waals surface area (Å²) in [5, 5.41) is 3.36. The molecule has 2 atom stereocenters. The van der Waals surface area contributed by atoms with Crippen LogP contribution in [0.1, 0.15) is 37.9 Å². The fraction of sp³-hybridized carbons (Fsp3) is 0.643. The van der Waals surface area contributed by atoms with Crippen molar-refractivity contribution in [3.05, 3.63) is 29.6 Å². The van der Waals surface area contributed by atoms with Crippen LogP contribution in [0.2, 0.25) is 0 Å². The molecule has 0 amide bonds. The molecule has 3 nitrogen and oxygen atoms in total. The Bertz CT molecular complexity index is 339. The third kappa shape index (κ3) is 3.51. The molecule has 96 valence electrons. The van der Waals surface area contributed by atoms with Gasteiger partial charge in [0.05, 0.1) is 12.1 Å². The molecule has 1 heterocycles. The van der Waals surface area contributed by atoms with E-state index in [9.17, 15) is 0 Å². The van der Waals surface area contributed by atoms with Gasteiger partial charge in [-0.3, -0.25) is 4.98 Å². The van der Waals surface area contributed by atoms with Crippen LogP contribution >= 0.6 is 0 Å². The van der Waals surface area contributed by atoms with E-state index in [0.717, 1.165) is 6.61 Å². The van der Waals surface area contributed by atoms with Crippen molar-refractivity contribution in [3.8, 4) is 0 Å². The summed E-state index contributed by atoms with van der Waals surface area (Å²) in [4.78, 5) is 4.22. The maximum Gasteiger partial charge on any atom is 0.0792 e. The molecule has 0 saturated heterocycles. The van der Waals surface area contributed by atoms with E-state index in [-0.39, 0.29) is 12.1 Å². The second kappa shape index (κ2) is 6.72. The topological polar surface area (TPSA) is 34.1 Å². The predicted octanol–water partition coefficient (Wildman–Crippen LogP) is 2.71. The average molecular weight is 236 g/mol. The highest BCUT2D eigenvalue weighted by Gasteiger charge is 2.26. The quantitative estimate of drug-likeness (QED) is 0.824. The first-order valence-electron chi connectivity index (χ1n) is 6.31. The lowest BCUT2D eigenvalue weighted by Gasteiger charge is -2.30. The zero-order chi connectivity index (χ0) is 12.8. The van der Waals surface area contributed by atoms with Crippen molar-refractivity contribution >= 4 is 0 Å². The number of hydrogen-bond donors (Lipinski definition) is 1. The van der Waals surface area contributed by atoms with Crippen molar-refractivity contribution in [3.63, 3.8) is 0 Å². The van der Waals surface area contributed by atoms with Crippen LogP contribution in [0.15, 0.2) is 18.5 Å². The first-order chi connectivity index (χ1) is 8.11. The SMILES string of the molecule is CCOC(C(C)C)C(NC)c1cnccc1C. The minimum absolute atomic E-state index is 0.174. The maximum atomic E-state index is 5.88. The Hall–Kier alpha value is -0.930. The molecule has 3 heteroatoms. The Balaban J connectivity index is 3.00. The summed E-state index contributed by atoms with van der Waals surface area (Å²) in [5.41, 5.74) is 2.48. The highest BCUT2D eigenvalue weighted by atomic mass is 16.5. The Kier molecular flexibility index (Phi) is 5.59. The molecule has 1 aromatic heterocycles. The van der Waals surface area contributed by atoms with Gasteiger partial charge in [0.1, 0.15) is 0 Å². The van der Waals surface area contributed by atoms with E-state index in [2.05, 4.69) is 31.1 Å². The van der Waals surface area contributed by atoms with Crippen LogP contribution in [-0.4, -0.2) is 24.7 Å². The lowest BCUT2D eigenvalue weighted by Crippen LogP contribution is -2.36. The van der Waals surface area contributed by atoms with Gasteiger partial charge in [-0.05, 0) is 44.0 Å². The van der Waals surface area contributed by atoms with Gasteiger partial charge in [-0.25, -0.2) is 0 Å². The van der Waals surface area contributed by atoms with Gasteiger partial charge in [-0.1, -0.05) is 13.8 Å². The van der Waals surface area contributed by atoms with Gasteiger partial charge in [-0.15, -0.1) is 0 Å². The number of rotatable bonds is 6. The standard InChI is InChI=1S/C14H24N2O/c1-6-17-14(10(2)3)13(15-5)12-9-16-8-7-11(12)4/h7-10,13-15H,6H2,1-5H3. The van der Waals surface area contributed by atoms with Crippen molar-refractivity contribution in [1.29, 1.82) is 0 Å². The third-order valence-electron chi connectivity index (χ3n) is 3.07. The molecule has 0 spiro atoms. The number of aryl methyl sites for hydroxylation is 1. The summed E-state index contributed by atoms with van der Waals surface area (Å²) in [6.07, 6.45) is 3.94. The monoisotopic (exact) mass is 236 g/mol. The summed E-state index contributed by atoms with van der Waals surface area (Å²) in [6.45, 7) is 9.27. The lowest BCUT2D eigenvalue weighted by atomic mass is 9.92. The van der Waals surface area contributed by atoms with E-state index in [1.165, 1.54) is 11.1 Å². The molecule has 1 aromatic rings. The minimum atomic E-state index is 0.174. The minimum Gasteiger partial charge on any atom is -0.376 e. The van der Waals surface area contributed by atoms with E-state index in [1.807, 2.05) is 32.4 Å². The van der Waals surface area contributed by atoms with Crippen molar-refractivity contribution < 1.29 is 4.74 Å². The molecule has 0 radical (unpaired) electrons. The van der Waals surface area contributed by atoms with Gasteiger partial charge in [0.2, 0.25) is 0 Å². The number of pyridine rings is 1. The zero-order valence-electron chi connectivity index (χ0n) is 11.5. The predicted molar refractivity (Wildman–Crippen MR) is 71.0 cm³/mol. The zero-order valence-corrected chi connectivity index (χ0v) is 11.5. The van der Waals surface area contributed by atoms with Crippen molar-refractivity contribution in [2.75, 3.05) is 13.7 Å². The molecule has 0 fully saturated rings. The normalized spacial score (nSPS) is 14.9. The average Bonchev–Trinajstić information content (AvgIpc) is 2.31. The lowest BCUT2D eigenvalue weighted by molar-refractivity contribution is 0.00438. The molecule has 0 aromatic carbocycles. The van der Waals surface area contributed by atoms with Crippen molar-refractivity contribution in [2.45, 2.75) is 39.8 Å². The molecular weight excluding hydrogens is 212 g/mol. The Morgan fingerprint density at radius 2 is 2.12 bits per heavy atom. The van der Waals surface area contributed by atoms with Crippen LogP contribution in [-0.2, 0) is 4.74 Å². The fourth-order valence-electron chi connectivity index (χ4n) is 2.16. The van der Waals surface area contributed by atoms with Crippen LogP contribution in [0.25, 0.3) is 0 Å². The molecule has 0 aliphatic rings. The van der Waals surface area contributed by atoms with Crippen LogP contribution in [0.5, 0.6) is 0 Å². The fourth-order valence-corrected chi connectivity index (χ4v) is 2.16. The number of ether oxygens (including phenoxy) is 1. The first-order valence-corrected chi connectivity index (χ1v) is 6.31. The van der Waals surface area contributed by atoms with Gasteiger partial charge in [0, 0.05) is 19.0 Å². The van der Waals surface area contributed by atoms with E-state index in [1.54, 1.807) is 0 Å². The van der Waals surface area contributed by atoms with E-state index < -0.39 is 0 Å². The molecule has 1 rings (SSSR count). The van der Waals surface area contributed by atoms with Crippen LogP contribution in [0.4, 0.5) is 0 Å². The van der Waals surface area contributed by atoms with Gasteiger partial charge in [0.25, 0.3) is 0 Å². The molecular formula is C14H24N2O. The molecule has 0 aliphatic heterocycles. The second-order valence-electron chi connectivity index (χ2n) is 4.66. The Labute approximate surface area is 105 Å². The molecule has 0 aliphatic carbocycles. The molecule has 0 bridgehead atoms. The van der Waals surface area contributed by atoms with E-state index in [0.29, 0.717) is 5.92 Å². The molecule has 0 saturated carbocycles. The first kappa shape index (κ1) is 14.1. The number of nitrogens with zero attached hydrogens (tertiary/aromatic N) is 1. The number of nitrogens with one attached hydrogen (secondary N) is 1. The van der Waals surface area contributed by atoms with Gasteiger partial charge in [0.15, 0.2) is 0 Å². The van der Waals surface area contributed by atoms with Crippen LogP contribution < -0.4 is 5.32 Å². The van der Waals surface area contributed by atoms with Gasteiger partial charge < -0.3 is 10.1 Å². The Morgan fingerprint density at radius 1 is 1.41 bits per heavy atom. The summed E-state index contributed by atoms with van der Waals surface area (Å²) in [5.74, 6) is 0.465. The number of hydrogen-bond acceptors (Lipinski definition) is 3. The summed E-state index contributed by atoms with van der Waals surface area (Å²) < 4.78 is 5.88. The molecule has 17 heavy (non-hydrogen) atoms. The molecule has 1 N–H and O–H groups in total. The van der Waals surface area contributed by atoms with E-state index in [4.69, 9.17) is 4.74 Å². The number of likely N-dealkylation sites (N-methyl/N-ethyl adjacent to an activating group) is 1.